The zero-order valence-electron chi connectivity index (χ0n) is 13.9. The minimum Gasteiger partial charge on any atom is -0.450 e. The molecule has 1 N–H and O–H groups in total. The molecule has 1 saturated heterocycles. The van der Waals surface area contributed by atoms with Crippen LogP contribution in [-0.4, -0.2) is 41.6 Å². The monoisotopic (exact) mass is 331 g/mol. The smallest absolute Gasteiger partial charge is 0.409 e. The first-order valence-electron chi connectivity index (χ1n) is 8.16. The van der Waals surface area contributed by atoms with Crippen LogP contribution in [0.1, 0.15) is 25.7 Å². The van der Waals surface area contributed by atoms with E-state index in [0.29, 0.717) is 36.9 Å². The molecule has 2 heterocycles. The number of carbonyl (C=O) groups excluding carboxylic acids is 2. The standard InChI is InChI=1S/C17H21N3O4/c1-3-23-17(22)20-8-4-5-12(10-20)16(21)19-13-6-7-14-15(9-13)24-11(2)18-14/h6-7,9,12H,3-5,8,10H2,1-2H3,(H,19,21). The Labute approximate surface area is 140 Å². The van der Waals surface area contributed by atoms with E-state index < -0.39 is 0 Å². The first-order valence-corrected chi connectivity index (χ1v) is 8.16. The molecule has 1 aliphatic rings. The quantitative estimate of drug-likeness (QED) is 0.934. The third kappa shape index (κ3) is 3.50. The van der Waals surface area contributed by atoms with Crippen LogP contribution in [0.15, 0.2) is 22.6 Å². The van der Waals surface area contributed by atoms with E-state index in [-0.39, 0.29) is 17.9 Å². The number of piperidine rings is 1. The molecule has 0 radical (unpaired) electrons. The number of oxazole rings is 1. The average molecular weight is 331 g/mol. The lowest BCUT2D eigenvalue weighted by atomic mass is 9.97. The topological polar surface area (TPSA) is 84.7 Å². The zero-order valence-corrected chi connectivity index (χ0v) is 13.9. The van der Waals surface area contributed by atoms with Gasteiger partial charge in [0.1, 0.15) is 5.52 Å². The van der Waals surface area contributed by atoms with Crippen molar-refractivity contribution in [3.05, 3.63) is 24.1 Å². The summed E-state index contributed by atoms with van der Waals surface area (Å²) in [5.74, 6) is 0.251. The van der Waals surface area contributed by atoms with Gasteiger partial charge in [-0.25, -0.2) is 9.78 Å². The predicted molar refractivity (Wildman–Crippen MR) is 88.7 cm³/mol. The van der Waals surface area contributed by atoms with Gasteiger partial charge in [-0.15, -0.1) is 0 Å². The van der Waals surface area contributed by atoms with Crippen LogP contribution in [0.4, 0.5) is 10.5 Å². The Morgan fingerprint density at radius 1 is 1.46 bits per heavy atom. The summed E-state index contributed by atoms with van der Waals surface area (Å²) in [5, 5.41) is 2.90. The fraction of sp³-hybridized carbons (Fsp3) is 0.471. The van der Waals surface area contributed by atoms with Crippen molar-refractivity contribution >= 4 is 28.8 Å². The van der Waals surface area contributed by atoms with Gasteiger partial charge < -0.3 is 19.4 Å². The molecule has 1 aromatic heterocycles. The van der Waals surface area contributed by atoms with Gasteiger partial charge in [0.25, 0.3) is 0 Å². The van der Waals surface area contributed by atoms with Crippen LogP contribution >= 0.6 is 0 Å². The van der Waals surface area contributed by atoms with Gasteiger partial charge in [-0.1, -0.05) is 0 Å². The van der Waals surface area contributed by atoms with Gasteiger partial charge in [0, 0.05) is 31.8 Å². The van der Waals surface area contributed by atoms with Crippen molar-refractivity contribution in [3.8, 4) is 0 Å². The molecule has 1 atom stereocenters. The maximum Gasteiger partial charge on any atom is 0.409 e. The number of nitrogens with one attached hydrogen (secondary N) is 1. The average Bonchev–Trinajstić information content (AvgIpc) is 2.94. The summed E-state index contributed by atoms with van der Waals surface area (Å²) in [5.41, 5.74) is 2.07. The van der Waals surface area contributed by atoms with Gasteiger partial charge in [0.2, 0.25) is 5.91 Å². The third-order valence-electron chi connectivity index (χ3n) is 4.08. The Hall–Kier alpha value is -2.57. The predicted octanol–water partition coefficient (Wildman–Crippen LogP) is 2.94. The molecule has 0 spiro atoms. The highest BCUT2D eigenvalue weighted by molar-refractivity contribution is 5.94. The van der Waals surface area contributed by atoms with Crippen molar-refractivity contribution in [1.29, 1.82) is 0 Å². The van der Waals surface area contributed by atoms with Gasteiger partial charge >= 0.3 is 6.09 Å². The molecule has 7 heteroatoms. The van der Waals surface area contributed by atoms with Gasteiger partial charge in [-0.05, 0) is 31.9 Å². The molecule has 128 valence electrons. The highest BCUT2D eigenvalue weighted by Crippen LogP contribution is 2.22. The van der Waals surface area contributed by atoms with Crippen LogP contribution in [0, 0.1) is 12.8 Å². The summed E-state index contributed by atoms with van der Waals surface area (Å²) in [6.07, 6.45) is 1.19. The first-order chi connectivity index (χ1) is 11.6. The summed E-state index contributed by atoms with van der Waals surface area (Å²) >= 11 is 0. The van der Waals surface area contributed by atoms with Crippen LogP contribution in [0.2, 0.25) is 0 Å². The maximum atomic E-state index is 12.5. The molecule has 1 aliphatic heterocycles. The number of carbonyl (C=O) groups is 2. The summed E-state index contributed by atoms with van der Waals surface area (Å²) < 4.78 is 10.5. The Morgan fingerprint density at radius 3 is 3.08 bits per heavy atom. The Kier molecular flexibility index (Phi) is 4.69. The number of aryl methyl sites for hydroxylation is 1. The van der Waals surface area contributed by atoms with Crippen LogP contribution in [-0.2, 0) is 9.53 Å². The SMILES string of the molecule is CCOC(=O)N1CCCC(C(=O)Nc2ccc3nc(C)oc3c2)C1. The molecule has 2 aromatic rings. The number of nitrogens with zero attached hydrogens (tertiary/aromatic N) is 2. The lowest BCUT2D eigenvalue weighted by molar-refractivity contribution is -0.121. The van der Waals surface area contributed by atoms with E-state index in [9.17, 15) is 9.59 Å². The highest BCUT2D eigenvalue weighted by Gasteiger charge is 2.29. The van der Waals surface area contributed by atoms with Crippen molar-refractivity contribution < 1.29 is 18.7 Å². The van der Waals surface area contributed by atoms with Crippen molar-refractivity contribution in [3.63, 3.8) is 0 Å². The number of ether oxygens (including phenoxy) is 1. The normalized spacial score (nSPS) is 17.8. The van der Waals surface area contributed by atoms with Crippen LogP contribution in [0.5, 0.6) is 0 Å². The lowest BCUT2D eigenvalue weighted by Crippen LogP contribution is -2.44. The van der Waals surface area contributed by atoms with E-state index in [0.717, 1.165) is 18.4 Å². The number of fused-ring (bicyclic) bond motifs is 1. The van der Waals surface area contributed by atoms with Crippen molar-refractivity contribution in [2.75, 3.05) is 25.0 Å². The number of hydrogen-bond acceptors (Lipinski definition) is 5. The second kappa shape index (κ2) is 6.90. The summed E-state index contributed by atoms with van der Waals surface area (Å²) in [4.78, 5) is 30.2. The second-order valence-corrected chi connectivity index (χ2v) is 5.89. The van der Waals surface area contributed by atoms with Crippen molar-refractivity contribution in [1.82, 2.24) is 9.88 Å². The molecule has 7 nitrogen and oxygen atoms in total. The Bertz CT molecular complexity index is 755. The minimum atomic E-state index is -0.353. The molecule has 0 saturated carbocycles. The minimum absolute atomic E-state index is 0.0976. The van der Waals surface area contributed by atoms with Crippen LogP contribution in [0.25, 0.3) is 11.1 Å². The number of anilines is 1. The first kappa shape index (κ1) is 16.3. The Morgan fingerprint density at radius 2 is 2.29 bits per heavy atom. The van der Waals surface area contributed by atoms with Gasteiger partial charge in [-0.2, -0.15) is 0 Å². The second-order valence-electron chi connectivity index (χ2n) is 5.89. The third-order valence-corrected chi connectivity index (χ3v) is 4.08. The molecule has 3 rings (SSSR count). The van der Waals surface area contributed by atoms with E-state index in [1.54, 1.807) is 30.9 Å². The van der Waals surface area contributed by atoms with Gasteiger partial charge in [0.15, 0.2) is 11.5 Å². The Balaban J connectivity index is 1.65. The van der Waals surface area contributed by atoms with Gasteiger partial charge in [-0.3, -0.25) is 4.79 Å². The molecular formula is C17H21N3O4. The zero-order chi connectivity index (χ0) is 17.1. The number of benzene rings is 1. The number of amides is 2. The van der Waals surface area contributed by atoms with Crippen molar-refractivity contribution in [2.45, 2.75) is 26.7 Å². The van der Waals surface area contributed by atoms with E-state index in [4.69, 9.17) is 9.15 Å². The fourth-order valence-electron chi connectivity index (χ4n) is 2.93. The maximum absolute atomic E-state index is 12.5. The lowest BCUT2D eigenvalue weighted by Gasteiger charge is -2.31. The number of aromatic nitrogens is 1. The summed E-state index contributed by atoms with van der Waals surface area (Å²) in [6.45, 7) is 4.90. The van der Waals surface area contributed by atoms with E-state index in [1.165, 1.54) is 0 Å². The largest absolute Gasteiger partial charge is 0.450 e. The van der Waals surface area contributed by atoms with Gasteiger partial charge in [0.05, 0.1) is 12.5 Å². The molecule has 1 unspecified atom stereocenters. The molecule has 1 aromatic carbocycles. The van der Waals surface area contributed by atoms with E-state index in [1.807, 2.05) is 6.07 Å². The van der Waals surface area contributed by atoms with E-state index >= 15 is 0 Å². The molecule has 2 amide bonds. The fourth-order valence-corrected chi connectivity index (χ4v) is 2.93. The molecular weight excluding hydrogens is 310 g/mol. The summed E-state index contributed by atoms with van der Waals surface area (Å²) in [7, 11) is 0. The van der Waals surface area contributed by atoms with Crippen molar-refractivity contribution in [2.24, 2.45) is 5.92 Å². The molecule has 0 bridgehead atoms. The van der Waals surface area contributed by atoms with Crippen LogP contribution in [0.3, 0.4) is 0 Å². The molecule has 24 heavy (non-hydrogen) atoms. The molecule has 1 fully saturated rings. The number of likely N-dealkylation sites (tertiary alicyclic amines) is 1. The summed E-state index contributed by atoms with van der Waals surface area (Å²) in [6, 6.07) is 5.38. The highest BCUT2D eigenvalue weighted by atomic mass is 16.6. The van der Waals surface area contributed by atoms with E-state index in [2.05, 4.69) is 10.3 Å². The van der Waals surface area contributed by atoms with Crippen LogP contribution < -0.4 is 5.32 Å². The molecule has 0 aliphatic carbocycles. The number of hydrogen-bond donors (Lipinski definition) is 1. The number of rotatable bonds is 3.